The summed E-state index contributed by atoms with van der Waals surface area (Å²) in [5.41, 5.74) is 0. The quantitative estimate of drug-likeness (QED) is 0.829. The summed E-state index contributed by atoms with van der Waals surface area (Å²) in [7, 11) is 0. The van der Waals surface area contributed by atoms with Crippen molar-refractivity contribution in [3.63, 3.8) is 0 Å². The van der Waals surface area contributed by atoms with Crippen LogP contribution in [0, 0.1) is 0 Å². The predicted octanol–water partition coefficient (Wildman–Crippen LogP) is 1.75. The molecule has 0 saturated carbocycles. The Morgan fingerprint density at radius 3 is 2.90 bits per heavy atom. The molecule has 2 saturated heterocycles. The summed E-state index contributed by atoms with van der Waals surface area (Å²) in [5.74, 6) is 0.357. The Morgan fingerprint density at radius 1 is 1.29 bits per heavy atom. The minimum Gasteiger partial charge on any atom is -0.336 e. The number of carbonyl (C=O) groups is 1. The first-order chi connectivity index (χ1) is 10.3. The van der Waals surface area contributed by atoms with Crippen molar-refractivity contribution >= 4 is 5.91 Å². The maximum Gasteiger partial charge on any atom is 0.240 e. The van der Waals surface area contributed by atoms with Crippen molar-refractivity contribution in [1.82, 2.24) is 19.6 Å². The molecule has 1 aromatic heterocycles. The molecule has 21 heavy (non-hydrogen) atoms. The molecule has 1 aromatic rings. The zero-order valence-corrected chi connectivity index (χ0v) is 12.9. The molecule has 0 unspecified atom stereocenters. The summed E-state index contributed by atoms with van der Waals surface area (Å²) in [4.78, 5) is 17.4. The van der Waals surface area contributed by atoms with Crippen LogP contribution in [-0.2, 0) is 11.3 Å². The van der Waals surface area contributed by atoms with E-state index in [4.69, 9.17) is 0 Å². The van der Waals surface area contributed by atoms with Gasteiger partial charge in [0.25, 0.3) is 0 Å². The van der Waals surface area contributed by atoms with Gasteiger partial charge >= 0.3 is 0 Å². The van der Waals surface area contributed by atoms with E-state index in [9.17, 15) is 4.79 Å². The molecule has 0 aliphatic carbocycles. The Hall–Kier alpha value is -1.36. The average Bonchev–Trinajstić information content (AvgIpc) is 3.20. The van der Waals surface area contributed by atoms with Crippen LogP contribution in [0.5, 0.6) is 0 Å². The maximum absolute atomic E-state index is 12.9. The number of hydrogen-bond acceptors (Lipinski definition) is 3. The van der Waals surface area contributed by atoms with E-state index < -0.39 is 0 Å². The van der Waals surface area contributed by atoms with Crippen molar-refractivity contribution in [2.24, 2.45) is 0 Å². The fourth-order valence-corrected chi connectivity index (χ4v) is 3.79. The van der Waals surface area contributed by atoms with Gasteiger partial charge in [-0.15, -0.1) is 0 Å². The second-order valence-corrected chi connectivity index (χ2v) is 6.25. The Bertz CT molecular complexity index is 459. The molecule has 2 aliphatic heterocycles. The van der Waals surface area contributed by atoms with Crippen molar-refractivity contribution in [2.75, 3.05) is 19.6 Å². The van der Waals surface area contributed by atoms with Crippen LogP contribution in [0.25, 0.3) is 0 Å². The van der Waals surface area contributed by atoms with Crippen LogP contribution in [0.3, 0.4) is 0 Å². The first-order valence-electron chi connectivity index (χ1n) is 8.31. The van der Waals surface area contributed by atoms with Gasteiger partial charge in [-0.2, -0.15) is 5.10 Å². The van der Waals surface area contributed by atoms with Gasteiger partial charge in [-0.25, -0.2) is 0 Å². The summed E-state index contributed by atoms with van der Waals surface area (Å²) in [5, 5.41) is 4.28. The third-order valence-electron chi connectivity index (χ3n) is 4.78. The maximum atomic E-state index is 12.9. The first kappa shape index (κ1) is 14.6. The monoisotopic (exact) mass is 290 g/mol. The zero-order chi connectivity index (χ0) is 14.7. The predicted molar refractivity (Wildman–Crippen MR) is 81.8 cm³/mol. The lowest BCUT2D eigenvalue weighted by Gasteiger charge is -2.31. The highest BCUT2D eigenvalue weighted by Crippen LogP contribution is 2.25. The van der Waals surface area contributed by atoms with Gasteiger partial charge in [-0.05, 0) is 51.3 Å². The number of likely N-dealkylation sites (tertiary alicyclic amines) is 2. The minimum absolute atomic E-state index is 0.128. The molecule has 3 rings (SSSR count). The van der Waals surface area contributed by atoms with Crippen LogP contribution in [-0.4, -0.2) is 57.2 Å². The topological polar surface area (TPSA) is 41.4 Å². The van der Waals surface area contributed by atoms with Crippen LogP contribution < -0.4 is 0 Å². The van der Waals surface area contributed by atoms with E-state index in [0.29, 0.717) is 11.9 Å². The molecule has 0 radical (unpaired) electrons. The molecule has 0 N–H and O–H groups in total. The molecule has 0 aromatic carbocycles. The summed E-state index contributed by atoms with van der Waals surface area (Å²) in [6.07, 6.45) is 9.34. The van der Waals surface area contributed by atoms with Gasteiger partial charge < -0.3 is 4.90 Å². The number of hydrogen-bond donors (Lipinski definition) is 0. The van der Waals surface area contributed by atoms with Gasteiger partial charge in [-0.3, -0.25) is 14.4 Å². The third kappa shape index (κ3) is 3.12. The largest absolute Gasteiger partial charge is 0.336 e. The van der Waals surface area contributed by atoms with Crippen LogP contribution in [0.15, 0.2) is 18.5 Å². The number of aromatic nitrogens is 2. The molecule has 0 spiro atoms. The van der Waals surface area contributed by atoms with E-state index in [1.807, 2.05) is 16.9 Å². The SMILES string of the molecule is CCCN1CCC[C@@H]1C(=O)N1CCC[C@@H]1Cn1cccn1. The van der Waals surface area contributed by atoms with Crippen molar-refractivity contribution in [3.8, 4) is 0 Å². The Balaban J connectivity index is 1.65. The highest BCUT2D eigenvalue weighted by molar-refractivity contribution is 5.82. The molecular weight excluding hydrogens is 264 g/mol. The molecule has 116 valence electrons. The number of rotatable bonds is 5. The van der Waals surface area contributed by atoms with Crippen molar-refractivity contribution in [2.45, 2.75) is 57.7 Å². The molecule has 0 bridgehead atoms. The molecule has 5 heteroatoms. The Morgan fingerprint density at radius 2 is 2.14 bits per heavy atom. The molecule has 5 nitrogen and oxygen atoms in total. The van der Waals surface area contributed by atoms with Gasteiger partial charge in [0, 0.05) is 18.9 Å². The molecule has 2 aliphatic rings. The van der Waals surface area contributed by atoms with Crippen LogP contribution in [0.2, 0.25) is 0 Å². The van der Waals surface area contributed by atoms with Crippen molar-refractivity contribution < 1.29 is 4.79 Å². The lowest BCUT2D eigenvalue weighted by Crippen LogP contribution is -2.48. The first-order valence-corrected chi connectivity index (χ1v) is 8.31. The lowest BCUT2D eigenvalue weighted by atomic mass is 10.1. The summed E-state index contributed by atoms with van der Waals surface area (Å²) >= 11 is 0. The Kier molecular flexibility index (Phi) is 4.58. The second-order valence-electron chi connectivity index (χ2n) is 6.25. The number of nitrogens with zero attached hydrogens (tertiary/aromatic N) is 4. The zero-order valence-electron chi connectivity index (χ0n) is 12.9. The normalized spacial score (nSPS) is 26.6. The van der Waals surface area contributed by atoms with E-state index >= 15 is 0 Å². The van der Waals surface area contributed by atoms with E-state index in [1.165, 1.54) is 0 Å². The van der Waals surface area contributed by atoms with Crippen LogP contribution in [0.4, 0.5) is 0 Å². The highest BCUT2D eigenvalue weighted by atomic mass is 16.2. The van der Waals surface area contributed by atoms with Gasteiger partial charge in [0.2, 0.25) is 5.91 Å². The standard InChI is InChI=1S/C16H26N4O/c1-2-9-18-10-4-7-15(18)16(21)20-12-3-6-14(20)13-19-11-5-8-17-19/h5,8,11,14-15H,2-4,6-7,9-10,12-13H2,1H3/t14-,15-/m1/s1. The number of amides is 1. The summed E-state index contributed by atoms with van der Waals surface area (Å²) < 4.78 is 1.95. The third-order valence-corrected chi connectivity index (χ3v) is 4.78. The lowest BCUT2D eigenvalue weighted by molar-refractivity contribution is -0.137. The highest BCUT2D eigenvalue weighted by Gasteiger charge is 2.37. The van der Waals surface area contributed by atoms with Gasteiger partial charge in [0.1, 0.15) is 0 Å². The molecule has 3 heterocycles. The van der Waals surface area contributed by atoms with Gasteiger partial charge in [0.15, 0.2) is 0 Å². The summed E-state index contributed by atoms with van der Waals surface area (Å²) in [6.45, 7) is 6.08. The fraction of sp³-hybridized carbons (Fsp3) is 0.750. The van der Waals surface area contributed by atoms with E-state index in [0.717, 1.165) is 58.3 Å². The Labute approximate surface area is 126 Å². The van der Waals surface area contributed by atoms with Gasteiger partial charge in [0.05, 0.1) is 18.6 Å². The average molecular weight is 290 g/mol. The fourth-order valence-electron chi connectivity index (χ4n) is 3.79. The number of carbonyl (C=O) groups excluding carboxylic acids is 1. The van der Waals surface area contributed by atoms with E-state index in [1.54, 1.807) is 6.20 Å². The van der Waals surface area contributed by atoms with Crippen molar-refractivity contribution in [3.05, 3.63) is 18.5 Å². The van der Waals surface area contributed by atoms with Crippen LogP contribution >= 0.6 is 0 Å². The van der Waals surface area contributed by atoms with Crippen LogP contribution in [0.1, 0.15) is 39.0 Å². The van der Waals surface area contributed by atoms with E-state index in [-0.39, 0.29) is 6.04 Å². The molecular formula is C16H26N4O. The molecule has 1 amide bonds. The summed E-state index contributed by atoms with van der Waals surface area (Å²) in [6, 6.07) is 2.39. The van der Waals surface area contributed by atoms with E-state index in [2.05, 4.69) is 21.8 Å². The second kappa shape index (κ2) is 6.60. The van der Waals surface area contributed by atoms with Crippen molar-refractivity contribution in [1.29, 1.82) is 0 Å². The van der Waals surface area contributed by atoms with Gasteiger partial charge in [-0.1, -0.05) is 6.92 Å². The smallest absolute Gasteiger partial charge is 0.240 e. The minimum atomic E-state index is 0.128. The molecule has 2 atom stereocenters. The molecule has 2 fully saturated rings.